The van der Waals surface area contributed by atoms with Gasteiger partial charge in [-0.3, -0.25) is 0 Å². The van der Waals surface area contributed by atoms with Crippen molar-refractivity contribution in [2.45, 2.75) is 32.6 Å². The Labute approximate surface area is 153 Å². The molecule has 2 fully saturated rings. The van der Waals surface area contributed by atoms with Gasteiger partial charge < -0.3 is 10.0 Å². The molecule has 0 bridgehead atoms. The van der Waals surface area contributed by atoms with Crippen molar-refractivity contribution >= 4 is 22.1 Å². The van der Waals surface area contributed by atoms with Gasteiger partial charge in [0.25, 0.3) is 10.2 Å². The number of carboxylic acids is 1. The molecule has 3 rings (SSSR count). The summed E-state index contributed by atoms with van der Waals surface area (Å²) in [6.07, 6.45) is 3.55. The number of carboxylic acid groups (broad SMARTS) is 1. The third-order valence-corrected chi connectivity index (χ3v) is 6.80. The molecule has 144 valence electrons. The van der Waals surface area contributed by atoms with Gasteiger partial charge in [-0.05, 0) is 32.3 Å². The van der Waals surface area contributed by atoms with Gasteiger partial charge in [0.2, 0.25) is 5.95 Å². The molecule has 2 aliphatic heterocycles. The van der Waals surface area contributed by atoms with Crippen LogP contribution in [0.25, 0.3) is 0 Å². The summed E-state index contributed by atoms with van der Waals surface area (Å²) in [6.45, 7) is 4.73. The summed E-state index contributed by atoms with van der Waals surface area (Å²) in [4.78, 5) is 21.5. The lowest BCUT2D eigenvalue weighted by Gasteiger charge is -2.31. The molecular weight excluding hydrogens is 358 g/mol. The molecule has 1 N–H and O–H groups in total. The third-order valence-electron chi connectivity index (χ3n) is 4.77. The van der Waals surface area contributed by atoms with Crippen LogP contribution in [0.3, 0.4) is 0 Å². The number of hydrogen-bond donors (Lipinski definition) is 1. The van der Waals surface area contributed by atoms with Gasteiger partial charge in [0.15, 0.2) is 5.69 Å². The van der Waals surface area contributed by atoms with Gasteiger partial charge in [0, 0.05) is 45.0 Å². The summed E-state index contributed by atoms with van der Waals surface area (Å²) in [5.74, 6) is -0.750. The zero-order valence-electron chi connectivity index (χ0n) is 15.0. The van der Waals surface area contributed by atoms with Crippen molar-refractivity contribution in [2.75, 3.05) is 44.2 Å². The van der Waals surface area contributed by atoms with Crippen LogP contribution in [0.5, 0.6) is 0 Å². The van der Waals surface area contributed by atoms with Crippen LogP contribution in [-0.2, 0) is 10.2 Å². The Balaban J connectivity index is 1.73. The maximum atomic E-state index is 12.9. The molecule has 26 heavy (non-hydrogen) atoms. The van der Waals surface area contributed by atoms with Gasteiger partial charge in [-0.2, -0.15) is 17.0 Å². The van der Waals surface area contributed by atoms with E-state index in [0.717, 1.165) is 19.3 Å². The van der Waals surface area contributed by atoms with E-state index in [1.165, 1.54) is 10.4 Å². The summed E-state index contributed by atoms with van der Waals surface area (Å²) in [6, 6.07) is 1.43. The van der Waals surface area contributed by atoms with Gasteiger partial charge in [-0.15, -0.1) is 0 Å². The first kappa shape index (κ1) is 19.0. The van der Waals surface area contributed by atoms with Crippen molar-refractivity contribution in [1.82, 2.24) is 18.6 Å². The number of hydrogen-bond acceptors (Lipinski definition) is 6. The zero-order valence-corrected chi connectivity index (χ0v) is 15.8. The highest BCUT2D eigenvalue weighted by atomic mass is 32.2. The largest absolute Gasteiger partial charge is 0.477 e. The van der Waals surface area contributed by atoms with E-state index in [0.29, 0.717) is 57.3 Å². The minimum atomic E-state index is -3.44. The van der Waals surface area contributed by atoms with Crippen LogP contribution in [-0.4, -0.2) is 77.3 Å². The number of aromatic nitrogens is 2. The van der Waals surface area contributed by atoms with Gasteiger partial charge in [0.1, 0.15) is 0 Å². The Morgan fingerprint density at radius 1 is 0.962 bits per heavy atom. The fraction of sp³-hybridized carbons (Fsp3) is 0.688. The molecule has 1 aromatic heterocycles. The summed E-state index contributed by atoms with van der Waals surface area (Å²) in [7, 11) is -3.44. The molecule has 2 aliphatic rings. The van der Waals surface area contributed by atoms with Crippen molar-refractivity contribution in [2.24, 2.45) is 0 Å². The van der Waals surface area contributed by atoms with E-state index < -0.39 is 16.2 Å². The SMILES string of the molecule is Cc1cc(C(=O)O)nc(N2CCCN(S(=O)(=O)N3CCCCC3)CC2)n1. The predicted octanol–water partition coefficient (Wildman–Crippen LogP) is 0.726. The second-order valence-electron chi connectivity index (χ2n) is 6.71. The van der Waals surface area contributed by atoms with E-state index in [2.05, 4.69) is 9.97 Å². The van der Waals surface area contributed by atoms with Crippen molar-refractivity contribution in [3.8, 4) is 0 Å². The highest BCUT2D eigenvalue weighted by molar-refractivity contribution is 7.86. The molecule has 0 atom stereocenters. The summed E-state index contributed by atoms with van der Waals surface area (Å²) >= 11 is 0. The Morgan fingerprint density at radius 3 is 2.31 bits per heavy atom. The van der Waals surface area contributed by atoms with Gasteiger partial charge >= 0.3 is 5.97 Å². The van der Waals surface area contributed by atoms with Gasteiger partial charge in [-0.1, -0.05) is 6.42 Å². The minimum Gasteiger partial charge on any atom is -0.477 e. The third kappa shape index (κ3) is 4.13. The number of anilines is 1. The monoisotopic (exact) mass is 383 g/mol. The highest BCUT2D eigenvalue weighted by Crippen LogP contribution is 2.20. The van der Waals surface area contributed by atoms with E-state index in [-0.39, 0.29) is 5.69 Å². The molecule has 0 unspecified atom stereocenters. The molecule has 2 saturated heterocycles. The van der Waals surface area contributed by atoms with E-state index >= 15 is 0 Å². The molecule has 3 heterocycles. The number of carbonyl (C=O) groups is 1. The number of nitrogens with zero attached hydrogens (tertiary/aromatic N) is 5. The molecule has 9 nitrogen and oxygen atoms in total. The number of rotatable bonds is 4. The van der Waals surface area contributed by atoms with E-state index in [1.807, 2.05) is 4.90 Å². The normalized spacial score (nSPS) is 20.7. The Bertz CT molecular complexity index is 764. The Kier molecular flexibility index (Phi) is 5.73. The van der Waals surface area contributed by atoms with Crippen LogP contribution < -0.4 is 4.90 Å². The van der Waals surface area contributed by atoms with Crippen LogP contribution in [0, 0.1) is 6.92 Å². The number of piperidine rings is 1. The van der Waals surface area contributed by atoms with Crippen LogP contribution in [0.15, 0.2) is 6.07 Å². The molecule has 0 amide bonds. The number of aryl methyl sites for hydroxylation is 1. The first-order valence-electron chi connectivity index (χ1n) is 8.97. The molecular formula is C16H25N5O4S. The molecule has 0 saturated carbocycles. The molecule has 0 aliphatic carbocycles. The van der Waals surface area contributed by atoms with Crippen LogP contribution in [0.1, 0.15) is 41.9 Å². The smallest absolute Gasteiger partial charge is 0.354 e. The first-order chi connectivity index (χ1) is 12.4. The summed E-state index contributed by atoms with van der Waals surface area (Å²) in [5.41, 5.74) is 0.531. The van der Waals surface area contributed by atoms with Crippen molar-refractivity contribution < 1.29 is 18.3 Å². The van der Waals surface area contributed by atoms with Gasteiger partial charge in [-0.25, -0.2) is 14.8 Å². The maximum Gasteiger partial charge on any atom is 0.354 e. The quantitative estimate of drug-likeness (QED) is 0.816. The Morgan fingerprint density at radius 2 is 1.62 bits per heavy atom. The lowest BCUT2D eigenvalue weighted by Crippen LogP contribution is -2.47. The van der Waals surface area contributed by atoms with Crippen LogP contribution in [0.2, 0.25) is 0 Å². The van der Waals surface area contributed by atoms with Crippen LogP contribution >= 0.6 is 0 Å². The lowest BCUT2D eigenvalue weighted by molar-refractivity contribution is 0.0690. The van der Waals surface area contributed by atoms with Crippen molar-refractivity contribution in [1.29, 1.82) is 0 Å². The second kappa shape index (κ2) is 7.85. The van der Waals surface area contributed by atoms with Crippen molar-refractivity contribution in [3.05, 3.63) is 17.5 Å². The summed E-state index contributed by atoms with van der Waals surface area (Å²) < 4.78 is 28.8. The molecule has 1 aromatic rings. The van der Waals surface area contributed by atoms with E-state index in [1.54, 1.807) is 11.2 Å². The van der Waals surface area contributed by atoms with E-state index in [9.17, 15) is 18.3 Å². The van der Waals surface area contributed by atoms with Crippen LogP contribution in [0.4, 0.5) is 5.95 Å². The fourth-order valence-corrected chi connectivity index (χ4v) is 5.11. The van der Waals surface area contributed by atoms with E-state index in [4.69, 9.17) is 0 Å². The fourth-order valence-electron chi connectivity index (χ4n) is 3.39. The predicted molar refractivity (Wildman–Crippen MR) is 96.5 cm³/mol. The minimum absolute atomic E-state index is 0.0467. The highest BCUT2D eigenvalue weighted by Gasteiger charge is 2.32. The number of aromatic carboxylic acids is 1. The maximum absolute atomic E-state index is 12.9. The molecule has 0 aromatic carbocycles. The first-order valence-corrected chi connectivity index (χ1v) is 10.4. The zero-order chi connectivity index (χ0) is 18.7. The molecule has 0 spiro atoms. The molecule has 10 heteroatoms. The molecule has 0 radical (unpaired) electrons. The topological polar surface area (TPSA) is 107 Å². The second-order valence-corrected chi connectivity index (χ2v) is 8.64. The van der Waals surface area contributed by atoms with Crippen molar-refractivity contribution in [3.63, 3.8) is 0 Å². The standard InChI is InChI=1S/C16H25N5O4S/c1-13-12-14(15(22)23)18-16(17-13)19-6-5-9-21(11-10-19)26(24,25)20-7-3-2-4-8-20/h12H,2-11H2,1H3,(H,22,23). The average Bonchev–Trinajstić information content (AvgIpc) is 2.88. The Hall–Kier alpha value is -1.78. The lowest BCUT2D eigenvalue weighted by atomic mass is 10.2. The average molecular weight is 383 g/mol. The van der Waals surface area contributed by atoms with Gasteiger partial charge in [0.05, 0.1) is 0 Å². The summed E-state index contributed by atoms with van der Waals surface area (Å²) in [5, 5.41) is 9.18.